The van der Waals surface area contributed by atoms with Crippen molar-refractivity contribution in [2.75, 3.05) is 19.6 Å². The molecule has 0 aromatic rings. The van der Waals surface area contributed by atoms with Gasteiger partial charge in [0.15, 0.2) is 0 Å². The molecule has 3 nitrogen and oxygen atoms in total. The number of nitrogens with one attached hydrogen (secondary N) is 2. The van der Waals surface area contributed by atoms with Crippen molar-refractivity contribution in [3.63, 3.8) is 0 Å². The molecule has 0 aromatic carbocycles. The Morgan fingerprint density at radius 2 is 2.15 bits per heavy atom. The molecule has 4 heteroatoms. The first-order valence-electron chi connectivity index (χ1n) is 4.52. The fourth-order valence-corrected chi connectivity index (χ4v) is 1.48. The Morgan fingerprint density at radius 3 is 2.69 bits per heavy atom. The van der Waals surface area contributed by atoms with Crippen LogP contribution in [0.15, 0.2) is 11.6 Å². The van der Waals surface area contributed by atoms with Gasteiger partial charge in [0.1, 0.15) is 0 Å². The van der Waals surface area contributed by atoms with Gasteiger partial charge in [-0.15, -0.1) is 0 Å². The van der Waals surface area contributed by atoms with Crippen LogP contribution in [0.1, 0.15) is 12.8 Å². The minimum Gasteiger partial charge on any atom is -0.351 e. The van der Waals surface area contributed by atoms with Crippen molar-refractivity contribution in [2.24, 2.45) is 5.92 Å². The highest BCUT2D eigenvalue weighted by Crippen LogP contribution is 2.11. The number of carbonyl (C=O) groups excluding carboxylic acids is 1. The van der Waals surface area contributed by atoms with Gasteiger partial charge in [0.05, 0.1) is 6.54 Å². The predicted molar refractivity (Wildman–Crippen MR) is 53.6 cm³/mol. The zero-order valence-electron chi connectivity index (χ0n) is 7.61. The van der Waals surface area contributed by atoms with Gasteiger partial charge >= 0.3 is 0 Å². The predicted octanol–water partition coefficient (Wildman–Crippen LogP) is 0.855. The molecule has 1 aliphatic heterocycles. The van der Waals surface area contributed by atoms with E-state index >= 15 is 0 Å². The molecule has 1 amide bonds. The Morgan fingerprint density at radius 1 is 1.54 bits per heavy atom. The number of rotatable bonds is 3. The molecule has 0 atom stereocenters. The van der Waals surface area contributed by atoms with E-state index in [1.165, 1.54) is 0 Å². The maximum absolute atomic E-state index is 11.5. The monoisotopic (exact) mass is 202 g/mol. The lowest BCUT2D eigenvalue weighted by molar-refractivity contribution is -0.125. The van der Waals surface area contributed by atoms with Gasteiger partial charge in [-0.3, -0.25) is 4.79 Å². The highest BCUT2D eigenvalue weighted by atomic mass is 35.5. The van der Waals surface area contributed by atoms with Crippen LogP contribution in [0.3, 0.4) is 0 Å². The molecule has 74 valence electrons. The number of piperidine rings is 1. The molecule has 0 bridgehead atoms. The first-order chi connectivity index (χ1) is 6.20. The standard InChI is InChI=1S/C9H15ClN2O/c1-7(10)6-12-9(13)8-2-4-11-5-3-8/h8,11H,1-6H2,(H,12,13). The summed E-state index contributed by atoms with van der Waals surface area (Å²) in [5, 5.41) is 6.44. The summed E-state index contributed by atoms with van der Waals surface area (Å²) in [6.45, 7) is 5.75. The third-order valence-corrected chi connectivity index (χ3v) is 2.30. The quantitative estimate of drug-likeness (QED) is 0.713. The maximum atomic E-state index is 11.5. The molecule has 2 N–H and O–H groups in total. The third-order valence-electron chi connectivity index (χ3n) is 2.16. The van der Waals surface area contributed by atoms with Crippen molar-refractivity contribution in [1.29, 1.82) is 0 Å². The van der Waals surface area contributed by atoms with Crippen LogP contribution < -0.4 is 10.6 Å². The van der Waals surface area contributed by atoms with Crippen molar-refractivity contribution < 1.29 is 4.79 Å². The van der Waals surface area contributed by atoms with Gasteiger partial charge in [-0.1, -0.05) is 18.2 Å². The number of hydrogen-bond donors (Lipinski definition) is 2. The van der Waals surface area contributed by atoms with Crippen molar-refractivity contribution in [2.45, 2.75) is 12.8 Å². The fourth-order valence-electron chi connectivity index (χ4n) is 1.41. The van der Waals surface area contributed by atoms with E-state index in [9.17, 15) is 4.79 Å². The second-order valence-corrected chi connectivity index (χ2v) is 3.79. The van der Waals surface area contributed by atoms with Gasteiger partial charge in [-0.2, -0.15) is 0 Å². The lowest BCUT2D eigenvalue weighted by Crippen LogP contribution is -2.38. The van der Waals surface area contributed by atoms with Crippen molar-refractivity contribution in [3.8, 4) is 0 Å². The molecule has 0 radical (unpaired) electrons. The van der Waals surface area contributed by atoms with Gasteiger partial charge in [0, 0.05) is 11.0 Å². The molecular formula is C9H15ClN2O. The van der Waals surface area contributed by atoms with Crippen LogP contribution in [0.2, 0.25) is 0 Å². The molecule has 0 saturated carbocycles. The molecule has 0 aliphatic carbocycles. The Kier molecular flexibility index (Phi) is 4.25. The molecule has 1 saturated heterocycles. The molecule has 1 heterocycles. The molecule has 0 aromatic heterocycles. The van der Waals surface area contributed by atoms with E-state index in [1.54, 1.807) is 0 Å². The average molecular weight is 203 g/mol. The largest absolute Gasteiger partial charge is 0.351 e. The van der Waals surface area contributed by atoms with Crippen molar-refractivity contribution in [1.82, 2.24) is 10.6 Å². The number of halogens is 1. The summed E-state index contributed by atoms with van der Waals surface area (Å²) in [7, 11) is 0. The topological polar surface area (TPSA) is 41.1 Å². The van der Waals surface area contributed by atoms with Gasteiger partial charge in [-0.05, 0) is 25.9 Å². The summed E-state index contributed by atoms with van der Waals surface area (Å²) in [6.07, 6.45) is 1.83. The highest BCUT2D eigenvalue weighted by Gasteiger charge is 2.20. The Balaban J connectivity index is 2.25. The molecular weight excluding hydrogens is 188 g/mol. The minimum absolute atomic E-state index is 0.100. The smallest absolute Gasteiger partial charge is 0.223 e. The van der Waals surface area contributed by atoms with E-state index in [0.29, 0.717) is 11.6 Å². The normalized spacial score (nSPS) is 18.2. The maximum Gasteiger partial charge on any atom is 0.223 e. The van der Waals surface area contributed by atoms with Gasteiger partial charge < -0.3 is 10.6 Å². The Hall–Kier alpha value is -0.540. The first kappa shape index (κ1) is 10.5. The van der Waals surface area contributed by atoms with Crippen molar-refractivity contribution >= 4 is 17.5 Å². The van der Waals surface area contributed by atoms with Crippen LogP contribution >= 0.6 is 11.6 Å². The summed E-state index contributed by atoms with van der Waals surface area (Å²) >= 11 is 5.54. The second-order valence-electron chi connectivity index (χ2n) is 3.26. The van der Waals surface area contributed by atoms with E-state index in [-0.39, 0.29) is 11.8 Å². The number of carbonyl (C=O) groups is 1. The van der Waals surface area contributed by atoms with Crippen LogP contribution in [0.5, 0.6) is 0 Å². The zero-order chi connectivity index (χ0) is 9.68. The minimum atomic E-state index is 0.100. The van der Waals surface area contributed by atoms with Crippen LogP contribution in [-0.4, -0.2) is 25.5 Å². The lowest BCUT2D eigenvalue weighted by Gasteiger charge is -2.21. The van der Waals surface area contributed by atoms with Gasteiger partial charge in [-0.25, -0.2) is 0 Å². The van der Waals surface area contributed by atoms with Crippen LogP contribution in [0.4, 0.5) is 0 Å². The second kappa shape index (κ2) is 5.25. The highest BCUT2D eigenvalue weighted by molar-refractivity contribution is 6.29. The molecule has 1 rings (SSSR count). The van der Waals surface area contributed by atoms with Crippen LogP contribution in [0, 0.1) is 5.92 Å². The molecule has 13 heavy (non-hydrogen) atoms. The van der Waals surface area contributed by atoms with Gasteiger partial charge in [0.2, 0.25) is 5.91 Å². The zero-order valence-corrected chi connectivity index (χ0v) is 8.36. The molecule has 0 unspecified atom stereocenters. The van der Waals surface area contributed by atoms with E-state index in [2.05, 4.69) is 17.2 Å². The summed E-state index contributed by atoms with van der Waals surface area (Å²) in [6, 6.07) is 0. The average Bonchev–Trinajstić information content (AvgIpc) is 2.15. The lowest BCUT2D eigenvalue weighted by atomic mass is 9.97. The Bertz CT molecular complexity index is 200. The summed E-state index contributed by atoms with van der Waals surface area (Å²) in [5.74, 6) is 0.251. The first-order valence-corrected chi connectivity index (χ1v) is 4.89. The van der Waals surface area contributed by atoms with Crippen LogP contribution in [-0.2, 0) is 4.79 Å². The third kappa shape index (κ3) is 3.79. The van der Waals surface area contributed by atoms with Crippen molar-refractivity contribution in [3.05, 3.63) is 11.6 Å². The number of amides is 1. The summed E-state index contributed by atoms with van der Waals surface area (Å²) < 4.78 is 0. The van der Waals surface area contributed by atoms with E-state index in [4.69, 9.17) is 11.6 Å². The van der Waals surface area contributed by atoms with Crippen LogP contribution in [0.25, 0.3) is 0 Å². The van der Waals surface area contributed by atoms with E-state index in [1.807, 2.05) is 0 Å². The van der Waals surface area contributed by atoms with E-state index in [0.717, 1.165) is 25.9 Å². The Labute approximate surface area is 83.5 Å². The summed E-state index contributed by atoms with van der Waals surface area (Å²) in [5.41, 5.74) is 0. The SMILES string of the molecule is C=C(Cl)CNC(=O)C1CCNCC1. The number of hydrogen-bond acceptors (Lipinski definition) is 2. The fraction of sp³-hybridized carbons (Fsp3) is 0.667. The molecule has 1 fully saturated rings. The summed E-state index contributed by atoms with van der Waals surface area (Å²) in [4.78, 5) is 11.5. The molecule has 0 spiro atoms. The van der Waals surface area contributed by atoms with E-state index < -0.39 is 0 Å². The van der Waals surface area contributed by atoms with Gasteiger partial charge in [0.25, 0.3) is 0 Å². The molecule has 1 aliphatic rings.